The Morgan fingerprint density at radius 3 is 2.33 bits per heavy atom. The summed E-state index contributed by atoms with van der Waals surface area (Å²) in [6.45, 7) is 7.17. The Morgan fingerprint density at radius 1 is 1.13 bits per heavy atom. The molecule has 0 aromatic heterocycles. The Labute approximate surface area is 93.5 Å². The molecule has 1 heterocycles. The topological polar surface area (TPSA) is 12.5 Å². The van der Waals surface area contributed by atoms with Crippen molar-refractivity contribution in [1.82, 2.24) is 0 Å². The van der Waals surface area contributed by atoms with E-state index in [-0.39, 0.29) is 0 Å². The first-order valence-corrected chi connectivity index (χ1v) is 9.34. The summed E-state index contributed by atoms with van der Waals surface area (Å²) in [5.74, 6) is 0. The zero-order valence-corrected chi connectivity index (χ0v) is 10.9. The summed E-state index contributed by atoms with van der Waals surface area (Å²) in [4.78, 5) is 0. The van der Waals surface area contributed by atoms with Crippen molar-refractivity contribution in [2.45, 2.75) is 44.3 Å². The zero-order chi connectivity index (χ0) is 10.9. The molecule has 1 aromatic rings. The number of aryl methyl sites for hydroxylation is 1. The van der Waals surface area contributed by atoms with Gasteiger partial charge in [0, 0.05) is 0 Å². The highest BCUT2D eigenvalue weighted by Gasteiger charge is 2.47. The fourth-order valence-electron chi connectivity index (χ4n) is 2.08. The monoisotopic (exact) mass is 220 g/mol. The molecule has 0 radical (unpaired) electrons. The fraction of sp³-hybridized carbons (Fsp3) is 0.538. The van der Waals surface area contributed by atoms with Crippen LogP contribution < -0.4 is 0 Å². The second-order valence-corrected chi connectivity index (χ2v) is 10.8. The summed E-state index contributed by atoms with van der Waals surface area (Å²) in [6.07, 6.45) is 2.91. The van der Waals surface area contributed by atoms with Gasteiger partial charge < -0.3 is 4.74 Å². The van der Waals surface area contributed by atoms with Crippen molar-refractivity contribution in [2.24, 2.45) is 0 Å². The molecule has 0 aliphatic carbocycles. The molecule has 1 aliphatic heterocycles. The summed E-state index contributed by atoms with van der Waals surface area (Å²) >= 11 is 0. The Kier molecular flexibility index (Phi) is 2.98. The highest BCUT2D eigenvalue weighted by molar-refractivity contribution is 6.78. The molecule has 1 nitrogen and oxygen atoms in total. The van der Waals surface area contributed by atoms with Crippen molar-refractivity contribution in [3.05, 3.63) is 35.9 Å². The highest BCUT2D eigenvalue weighted by atomic mass is 28.3. The van der Waals surface area contributed by atoms with Crippen molar-refractivity contribution < 1.29 is 4.74 Å². The number of rotatable bonds is 4. The van der Waals surface area contributed by atoms with Crippen LogP contribution in [0.15, 0.2) is 30.3 Å². The van der Waals surface area contributed by atoms with E-state index in [1.165, 1.54) is 12.0 Å². The van der Waals surface area contributed by atoms with E-state index in [2.05, 4.69) is 50.0 Å². The van der Waals surface area contributed by atoms with Crippen LogP contribution in [-0.4, -0.2) is 19.9 Å². The van der Waals surface area contributed by atoms with Crippen molar-refractivity contribution in [2.75, 3.05) is 0 Å². The summed E-state index contributed by atoms with van der Waals surface area (Å²) in [7, 11) is -1.05. The van der Waals surface area contributed by atoms with E-state index < -0.39 is 8.07 Å². The predicted octanol–water partition coefficient (Wildman–Crippen LogP) is 3.26. The first kappa shape index (κ1) is 10.9. The molecule has 1 fully saturated rings. The molecule has 15 heavy (non-hydrogen) atoms. The van der Waals surface area contributed by atoms with Crippen LogP contribution in [0.4, 0.5) is 0 Å². The van der Waals surface area contributed by atoms with Gasteiger partial charge in [0.1, 0.15) is 0 Å². The van der Waals surface area contributed by atoms with E-state index in [1.54, 1.807) is 0 Å². The van der Waals surface area contributed by atoms with Crippen molar-refractivity contribution in [3.63, 3.8) is 0 Å². The predicted molar refractivity (Wildman–Crippen MR) is 66.8 cm³/mol. The van der Waals surface area contributed by atoms with Gasteiger partial charge in [-0.2, -0.15) is 0 Å². The van der Waals surface area contributed by atoms with Gasteiger partial charge in [-0.25, -0.2) is 0 Å². The average molecular weight is 220 g/mol. The van der Waals surface area contributed by atoms with Gasteiger partial charge >= 0.3 is 0 Å². The molecule has 0 amide bonds. The number of benzene rings is 1. The molecule has 1 aromatic carbocycles. The first-order valence-electron chi connectivity index (χ1n) is 5.77. The molecule has 2 atom stereocenters. The molecular formula is C13H20OSi. The number of ether oxygens (including phenoxy) is 1. The standard InChI is InChI=1S/C13H20OSi/c1-15(2,3)13-12(14-13)10-9-11-7-5-4-6-8-11/h4-8,12-13H,9-10H2,1-3H3/t12-,13-/m0/s1. The molecular weight excluding hydrogens is 200 g/mol. The summed E-state index contributed by atoms with van der Waals surface area (Å²) < 4.78 is 5.76. The van der Waals surface area contributed by atoms with Crippen molar-refractivity contribution >= 4 is 8.07 Å². The average Bonchev–Trinajstić information content (AvgIpc) is 2.95. The number of hydrogen-bond acceptors (Lipinski definition) is 1. The molecule has 0 unspecified atom stereocenters. The number of hydrogen-bond donors (Lipinski definition) is 0. The normalized spacial score (nSPS) is 25.3. The Morgan fingerprint density at radius 2 is 1.80 bits per heavy atom. The zero-order valence-electron chi connectivity index (χ0n) is 9.86. The lowest BCUT2D eigenvalue weighted by Crippen LogP contribution is -2.30. The third kappa shape index (κ3) is 2.92. The second kappa shape index (κ2) is 4.10. The molecule has 1 saturated heterocycles. The molecule has 0 N–H and O–H groups in total. The fourth-order valence-corrected chi connectivity index (χ4v) is 3.94. The van der Waals surface area contributed by atoms with Gasteiger partial charge in [-0.3, -0.25) is 0 Å². The third-order valence-electron chi connectivity index (χ3n) is 3.00. The number of epoxide rings is 1. The maximum Gasteiger partial charge on any atom is 0.0819 e. The molecule has 82 valence electrons. The minimum Gasteiger partial charge on any atom is -0.373 e. The Hall–Kier alpha value is -0.603. The van der Waals surface area contributed by atoms with E-state index in [0.29, 0.717) is 11.8 Å². The lowest BCUT2D eigenvalue weighted by Gasteiger charge is -2.11. The van der Waals surface area contributed by atoms with E-state index in [1.807, 2.05) is 0 Å². The SMILES string of the molecule is C[Si](C)(C)[C@@H]1O[C@H]1CCc1ccccc1. The minimum absolute atomic E-state index is 0.553. The van der Waals surface area contributed by atoms with Crippen molar-refractivity contribution in [3.8, 4) is 0 Å². The van der Waals surface area contributed by atoms with Gasteiger partial charge in [-0.1, -0.05) is 50.0 Å². The molecule has 2 heteroatoms. The molecule has 1 aliphatic rings. The van der Waals surface area contributed by atoms with Crippen LogP contribution in [0.2, 0.25) is 19.6 Å². The third-order valence-corrected chi connectivity index (χ3v) is 5.21. The van der Waals surface area contributed by atoms with Crippen LogP contribution in [0, 0.1) is 0 Å². The van der Waals surface area contributed by atoms with Crippen LogP contribution in [-0.2, 0) is 11.2 Å². The van der Waals surface area contributed by atoms with Gasteiger partial charge in [0.15, 0.2) is 0 Å². The first-order chi connectivity index (χ1) is 7.07. The molecule has 0 spiro atoms. The van der Waals surface area contributed by atoms with Crippen LogP contribution in [0.25, 0.3) is 0 Å². The molecule has 0 bridgehead atoms. The van der Waals surface area contributed by atoms with Crippen LogP contribution in [0.3, 0.4) is 0 Å². The highest BCUT2D eigenvalue weighted by Crippen LogP contribution is 2.34. The summed E-state index contributed by atoms with van der Waals surface area (Å²) in [6, 6.07) is 10.7. The lowest BCUT2D eigenvalue weighted by molar-refractivity contribution is 0.384. The van der Waals surface area contributed by atoms with Crippen LogP contribution in [0.5, 0.6) is 0 Å². The van der Waals surface area contributed by atoms with Gasteiger partial charge in [-0.05, 0) is 18.4 Å². The van der Waals surface area contributed by atoms with E-state index in [0.717, 1.165) is 6.42 Å². The van der Waals surface area contributed by atoms with Gasteiger partial charge in [0.05, 0.1) is 19.9 Å². The van der Waals surface area contributed by atoms with E-state index in [9.17, 15) is 0 Å². The smallest absolute Gasteiger partial charge is 0.0819 e. The largest absolute Gasteiger partial charge is 0.373 e. The quantitative estimate of drug-likeness (QED) is 0.560. The van der Waals surface area contributed by atoms with Gasteiger partial charge in [-0.15, -0.1) is 0 Å². The van der Waals surface area contributed by atoms with E-state index >= 15 is 0 Å². The van der Waals surface area contributed by atoms with Gasteiger partial charge in [0.2, 0.25) is 0 Å². The molecule has 2 rings (SSSR count). The minimum atomic E-state index is -1.05. The maximum atomic E-state index is 5.76. The summed E-state index contributed by atoms with van der Waals surface area (Å²) in [5, 5.41) is 0. The molecule has 0 saturated carbocycles. The van der Waals surface area contributed by atoms with E-state index in [4.69, 9.17) is 4.74 Å². The summed E-state index contributed by atoms with van der Waals surface area (Å²) in [5.41, 5.74) is 2.04. The second-order valence-electron chi connectivity index (χ2n) is 5.49. The van der Waals surface area contributed by atoms with Gasteiger partial charge in [0.25, 0.3) is 0 Å². The van der Waals surface area contributed by atoms with Crippen molar-refractivity contribution in [1.29, 1.82) is 0 Å². The van der Waals surface area contributed by atoms with Crippen LogP contribution >= 0.6 is 0 Å². The maximum absolute atomic E-state index is 5.76. The lowest BCUT2D eigenvalue weighted by atomic mass is 10.1. The Bertz CT molecular complexity index is 315. The Balaban J connectivity index is 1.78. The van der Waals surface area contributed by atoms with Crippen LogP contribution in [0.1, 0.15) is 12.0 Å².